The summed E-state index contributed by atoms with van der Waals surface area (Å²) in [5, 5.41) is 8.82. The number of esters is 1. The molecule has 2 aromatic carbocycles. The van der Waals surface area contributed by atoms with Crippen LogP contribution in [0, 0.1) is 17.8 Å². The van der Waals surface area contributed by atoms with E-state index in [1.54, 1.807) is 30.3 Å². The van der Waals surface area contributed by atoms with Crippen molar-refractivity contribution in [2.75, 3.05) is 13.2 Å². The molecule has 4 rings (SSSR count). The Morgan fingerprint density at radius 3 is 2.48 bits per heavy atom. The van der Waals surface area contributed by atoms with Gasteiger partial charge in [-0.25, -0.2) is 4.68 Å². The summed E-state index contributed by atoms with van der Waals surface area (Å²) in [5.74, 6) is -1.15. The molecule has 3 unspecified atom stereocenters. The Bertz CT molecular complexity index is 1370. The van der Waals surface area contributed by atoms with E-state index in [0.717, 1.165) is 31.1 Å². The molecule has 40 heavy (non-hydrogen) atoms. The Morgan fingerprint density at radius 1 is 1.00 bits per heavy atom. The molecule has 3 aromatic rings. The second kappa shape index (κ2) is 13.3. The maximum Gasteiger partial charge on any atom is 0.310 e. The Kier molecular flexibility index (Phi) is 9.89. The summed E-state index contributed by atoms with van der Waals surface area (Å²) in [4.78, 5) is 40.3. The first-order valence-corrected chi connectivity index (χ1v) is 18.1. The monoisotopic (exact) mass is 563 g/mol. The zero-order valence-electron chi connectivity index (χ0n) is 24.1. The first-order chi connectivity index (χ1) is 19.2. The summed E-state index contributed by atoms with van der Waals surface area (Å²) >= 11 is 0. The molecule has 1 saturated carbocycles. The topological polar surface area (TPSA) is 100 Å². The Hall–Kier alpha value is -3.33. The lowest BCUT2D eigenvalue weighted by molar-refractivity contribution is -0.150. The first kappa shape index (κ1) is 29.6. The van der Waals surface area contributed by atoms with Gasteiger partial charge in [-0.2, -0.15) is 0 Å². The van der Waals surface area contributed by atoms with E-state index < -0.39 is 19.9 Å². The molecule has 0 amide bonds. The molecule has 1 aliphatic carbocycles. The first-order valence-electron chi connectivity index (χ1n) is 14.4. The van der Waals surface area contributed by atoms with Crippen LogP contribution in [-0.4, -0.2) is 48.0 Å². The number of unbranched alkanes of at least 4 members (excludes halogenated alkanes) is 2. The highest BCUT2D eigenvalue weighted by atomic mass is 28.3. The highest BCUT2D eigenvalue weighted by Crippen LogP contribution is 2.41. The molecule has 8 nitrogen and oxygen atoms in total. The third kappa shape index (κ3) is 7.44. The van der Waals surface area contributed by atoms with Gasteiger partial charge in [0.15, 0.2) is 5.78 Å². The number of Topliss-reactive ketones (excluding diaryl/α,β-unsaturated/α-hetero) is 1. The molecule has 1 heterocycles. The summed E-state index contributed by atoms with van der Waals surface area (Å²) in [6.07, 6.45) is 4.40. The summed E-state index contributed by atoms with van der Waals surface area (Å²) in [5.41, 5.74) is 0.832. The van der Waals surface area contributed by atoms with Gasteiger partial charge in [0.1, 0.15) is 11.3 Å². The van der Waals surface area contributed by atoms with Gasteiger partial charge in [-0.3, -0.25) is 14.4 Å². The number of nitrogens with zero attached hydrogens (tertiary/aromatic N) is 3. The molecule has 0 aliphatic heterocycles. The van der Waals surface area contributed by atoms with Crippen molar-refractivity contribution in [3.8, 4) is 5.75 Å². The number of hydrogen-bond acceptors (Lipinski definition) is 7. The van der Waals surface area contributed by atoms with E-state index in [1.165, 1.54) is 4.68 Å². The summed E-state index contributed by atoms with van der Waals surface area (Å²) < 4.78 is 12.9. The predicted octanol–water partition coefficient (Wildman–Crippen LogP) is 5.77. The SMILES string of the molecule is CCCCCOc1ccc(C(=O)C2CCC(Cn3nnc4ccccc4c3=O)C2C(=O)OCC[Si](C)(C)C)cc1. The molecule has 1 fully saturated rings. The molecule has 214 valence electrons. The molecular weight excluding hydrogens is 522 g/mol. The van der Waals surface area contributed by atoms with Crippen LogP contribution in [-0.2, 0) is 16.1 Å². The summed E-state index contributed by atoms with van der Waals surface area (Å²) in [7, 11) is -1.41. The van der Waals surface area contributed by atoms with Crippen molar-refractivity contribution in [2.24, 2.45) is 17.8 Å². The zero-order valence-corrected chi connectivity index (χ0v) is 25.1. The van der Waals surface area contributed by atoms with E-state index in [-0.39, 0.29) is 29.8 Å². The number of carbonyl (C=O) groups excluding carboxylic acids is 2. The largest absolute Gasteiger partial charge is 0.494 e. The third-order valence-electron chi connectivity index (χ3n) is 7.69. The van der Waals surface area contributed by atoms with E-state index >= 15 is 0 Å². The number of hydrogen-bond donors (Lipinski definition) is 0. The van der Waals surface area contributed by atoms with Crippen molar-refractivity contribution in [3.05, 3.63) is 64.4 Å². The van der Waals surface area contributed by atoms with Crippen molar-refractivity contribution in [3.63, 3.8) is 0 Å². The minimum Gasteiger partial charge on any atom is -0.494 e. The Labute approximate surface area is 237 Å². The van der Waals surface area contributed by atoms with Crippen LogP contribution in [0.15, 0.2) is 53.3 Å². The minimum absolute atomic E-state index is 0.0795. The van der Waals surface area contributed by atoms with Crippen LogP contribution in [0.25, 0.3) is 10.9 Å². The maximum absolute atomic E-state index is 13.7. The van der Waals surface area contributed by atoms with E-state index in [0.29, 0.717) is 42.5 Å². The maximum atomic E-state index is 13.7. The van der Waals surface area contributed by atoms with Gasteiger partial charge in [0, 0.05) is 19.6 Å². The lowest BCUT2D eigenvalue weighted by Crippen LogP contribution is -2.36. The van der Waals surface area contributed by atoms with Gasteiger partial charge in [-0.15, -0.1) is 5.10 Å². The van der Waals surface area contributed by atoms with Gasteiger partial charge >= 0.3 is 5.97 Å². The van der Waals surface area contributed by atoms with Gasteiger partial charge in [-0.05, 0) is 67.6 Å². The minimum atomic E-state index is -1.41. The second-order valence-corrected chi connectivity index (χ2v) is 17.6. The van der Waals surface area contributed by atoms with Gasteiger partial charge in [0.05, 0.1) is 31.1 Å². The van der Waals surface area contributed by atoms with Crippen LogP contribution in [0.3, 0.4) is 0 Å². The number of aromatic nitrogens is 3. The summed E-state index contributed by atoms with van der Waals surface area (Å²) in [6, 6.07) is 15.1. The molecule has 3 atom stereocenters. The van der Waals surface area contributed by atoms with E-state index in [1.807, 2.05) is 18.2 Å². The lowest BCUT2D eigenvalue weighted by atomic mass is 9.84. The van der Waals surface area contributed by atoms with Crippen LogP contribution in [0.5, 0.6) is 5.75 Å². The van der Waals surface area contributed by atoms with Crippen LogP contribution < -0.4 is 10.3 Å². The number of ether oxygens (including phenoxy) is 2. The number of carbonyl (C=O) groups is 2. The van der Waals surface area contributed by atoms with Gasteiger partial charge < -0.3 is 9.47 Å². The quantitative estimate of drug-likeness (QED) is 0.113. The Balaban J connectivity index is 1.53. The molecule has 0 radical (unpaired) electrons. The number of rotatable bonds is 13. The van der Waals surface area contributed by atoms with E-state index in [9.17, 15) is 14.4 Å². The normalized spacial score (nSPS) is 19.1. The van der Waals surface area contributed by atoms with Crippen molar-refractivity contribution in [1.82, 2.24) is 15.0 Å². The highest BCUT2D eigenvalue weighted by molar-refractivity contribution is 6.76. The molecule has 0 bridgehead atoms. The predicted molar refractivity (Wildman–Crippen MR) is 158 cm³/mol. The average Bonchev–Trinajstić information content (AvgIpc) is 3.35. The van der Waals surface area contributed by atoms with Crippen molar-refractivity contribution in [1.29, 1.82) is 0 Å². The fraction of sp³-hybridized carbons (Fsp3) is 0.516. The molecular formula is C31H41N3O5Si. The number of fused-ring (bicyclic) bond motifs is 1. The fourth-order valence-electron chi connectivity index (χ4n) is 5.33. The molecule has 1 aromatic heterocycles. The standard InChI is InChI=1S/C31H41N3O5Si/c1-5-6-9-18-38-24-15-12-22(13-16-24)29(35)26-17-14-23(28(26)31(37)39-19-20-40(2,3)4)21-34-30(36)25-10-7-8-11-27(25)32-33-34/h7-8,10-13,15-16,23,26,28H,5-6,9,14,17-21H2,1-4H3. The highest BCUT2D eigenvalue weighted by Gasteiger charge is 2.46. The van der Waals surface area contributed by atoms with E-state index in [2.05, 4.69) is 36.9 Å². The fourth-order valence-corrected chi connectivity index (χ4v) is 6.04. The van der Waals surface area contributed by atoms with Crippen molar-refractivity contribution in [2.45, 2.75) is 71.3 Å². The molecule has 1 aliphatic rings. The van der Waals surface area contributed by atoms with Crippen molar-refractivity contribution < 1.29 is 19.1 Å². The molecule has 0 N–H and O–H groups in total. The second-order valence-electron chi connectivity index (χ2n) is 12.0. The van der Waals surface area contributed by atoms with Gasteiger partial charge in [0.2, 0.25) is 0 Å². The van der Waals surface area contributed by atoms with E-state index in [4.69, 9.17) is 9.47 Å². The van der Waals surface area contributed by atoms with Gasteiger partial charge in [-0.1, -0.05) is 56.8 Å². The average molecular weight is 564 g/mol. The molecule has 9 heteroatoms. The summed E-state index contributed by atoms with van der Waals surface area (Å²) in [6.45, 7) is 10.0. The number of benzene rings is 2. The lowest BCUT2D eigenvalue weighted by Gasteiger charge is -2.24. The smallest absolute Gasteiger partial charge is 0.310 e. The zero-order chi connectivity index (χ0) is 28.7. The van der Waals surface area contributed by atoms with Crippen molar-refractivity contribution >= 4 is 30.7 Å². The molecule has 0 saturated heterocycles. The molecule has 0 spiro atoms. The number of ketones is 1. The van der Waals surface area contributed by atoms with Crippen LogP contribution in [0.1, 0.15) is 49.4 Å². The van der Waals surface area contributed by atoms with Crippen LogP contribution >= 0.6 is 0 Å². The third-order valence-corrected chi connectivity index (χ3v) is 9.39. The van der Waals surface area contributed by atoms with Crippen LogP contribution in [0.2, 0.25) is 25.7 Å². The van der Waals surface area contributed by atoms with Gasteiger partial charge in [0.25, 0.3) is 5.56 Å². The Morgan fingerprint density at radius 2 is 1.75 bits per heavy atom. The van der Waals surface area contributed by atoms with Crippen LogP contribution in [0.4, 0.5) is 0 Å².